The minimum Gasteiger partial charge on any atom is -0.462 e. The first-order valence-electron chi connectivity index (χ1n) is 8.04. The van der Waals surface area contributed by atoms with E-state index in [9.17, 15) is 4.79 Å². The molecule has 6 unspecified atom stereocenters. The van der Waals surface area contributed by atoms with Crippen LogP contribution in [0.2, 0.25) is 0 Å². The van der Waals surface area contributed by atoms with Gasteiger partial charge in [0.1, 0.15) is 6.10 Å². The summed E-state index contributed by atoms with van der Waals surface area (Å²) >= 11 is 0. The van der Waals surface area contributed by atoms with Gasteiger partial charge in [-0.2, -0.15) is 0 Å². The molecule has 0 aromatic heterocycles. The predicted octanol–water partition coefficient (Wildman–Crippen LogP) is 4.28. The SMILES string of the molecule is CCC(C)C1CC2C(C)C(=O)OC2C1C(C)(C)CC. The van der Waals surface area contributed by atoms with Crippen molar-refractivity contribution >= 4 is 5.97 Å². The highest BCUT2D eigenvalue weighted by atomic mass is 16.6. The summed E-state index contributed by atoms with van der Waals surface area (Å²) in [4.78, 5) is 11.9. The molecule has 0 aromatic rings. The summed E-state index contributed by atoms with van der Waals surface area (Å²) in [5.41, 5.74) is 0.262. The summed E-state index contributed by atoms with van der Waals surface area (Å²) in [6.45, 7) is 13.7. The highest BCUT2D eigenvalue weighted by Gasteiger charge is 2.58. The fraction of sp³-hybridized carbons (Fsp3) is 0.941. The van der Waals surface area contributed by atoms with Gasteiger partial charge in [0.25, 0.3) is 0 Å². The summed E-state index contributed by atoms with van der Waals surface area (Å²) in [7, 11) is 0. The minimum absolute atomic E-state index is 0.0366. The second-order valence-electron chi connectivity index (χ2n) is 7.51. The van der Waals surface area contributed by atoms with Crippen LogP contribution in [0.1, 0.15) is 60.8 Å². The molecule has 0 radical (unpaired) electrons. The zero-order chi connectivity index (χ0) is 14.4. The molecule has 1 aliphatic carbocycles. The summed E-state index contributed by atoms with van der Waals surface area (Å²) in [6, 6.07) is 0. The molecule has 0 amide bonds. The van der Waals surface area contributed by atoms with Gasteiger partial charge in [0, 0.05) is 11.8 Å². The molecule has 1 heterocycles. The van der Waals surface area contributed by atoms with E-state index in [4.69, 9.17) is 4.74 Å². The molecule has 110 valence electrons. The number of carbonyl (C=O) groups is 1. The van der Waals surface area contributed by atoms with Gasteiger partial charge in [-0.1, -0.05) is 54.4 Å². The minimum atomic E-state index is 0.0366. The van der Waals surface area contributed by atoms with Crippen LogP contribution < -0.4 is 0 Å². The number of carbonyl (C=O) groups excluding carboxylic acids is 1. The first-order valence-corrected chi connectivity index (χ1v) is 8.04. The molecular weight excluding hydrogens is 236 g/mol. The van der Waals surface area contributed by atoms with Gasteiger partial charge in [-0.05, 0) is 23.7 Å². The van der Waals surface area contributed by atoms with Gasteiger partial charge in [-0.15, -0.1) is 0 Å². The Labute approximate surface area is 118 Å². The molecule has 0 N–H and O–H groups in total. The van der Waals surface area contributed by atoms with Crippen LogP contribution in [0, 0.1) is 35.0 Å². The van der Waals surface area contributed by atoms with Gasteiger partial charge in [0.2, 0.25) is 0 Å². The van der Waals surface area contributed by atoms with Crippen molar-refractivity contribution in [2.45, 2.75) is 66.9 Å². The second-order valence-corrected chi connectivity index (χ2v) is 7.51. The lowest BCUT2D eigenvalue weighted by Gasteiger charge is -2.39. The van der Waals surface area contributed by atoms with E-state index in [2.05, 4.69) is 41.5 Å². The van der Waals surface area contributed by atoms with Gasteiger partial charge in [-0.25, -0.2) is 0 Å². The van der Waals surface area contributed by atoms with Crippen molar-refractivity contribution in [3.05, 3.63) is 0 Å². The first kappa shape index (κ1) is 14.9. The molecule has 2 aliphatic rings. The van der Waals surface area contributed by atoms with Crippen LogP contribution in [0.5, 0.6) is 0 Å². The Hall–Kier alpha value is -0.530. The molecule has 0 aromatic carbocycles. The summed E-state index contributed by atoms with van der Waals surface area (Å²) in [5, 5.41) is 0. The molecule has 1 saturated carbocycles. The van der Waals surface area contributed by atoms with Crippen molar-refractivity contribution < 1.29 is 9.53 Å². The van der Waals surface area contributed by atoms with Crippen LogP contribution in [0.3, 0.4) is 0 Å². The normalized spacial score (nSPS) is 40.1. The summed E-state index contributed by atoms with van der Waals surface area (Å²) in [5.74, 6) is 2.58. The van der Waals surface area contributed by atoms with E-state index in [1.807, 2.05) is 0 Å². The van der Waals surface area contributed by atoms with E-state index in [1.165, 1.54) is 12.8 Å². The van der Waals surface area contributed by atoms with Crippen molar-refractivity contribution in [3.63, 3.8) is 0 Å². The largest absolute Gasteiger partial charge is 0.462 e. The smallest absolute Gasteiger partial charge is 0.309 e. The van der Waals surface area contributed by atoms with E-state index >= 15 is 0 Å². The van der Waals surface area contributed by atoms with Crippen molar-refractivity contribution in [3.8, 4) is 0 Å². The maximum atomic E-state index is 11.9. The quantitative estimate of drug-likeness (QED) is 0.710. The van der Waals surface area contributed by atoms with Crippen molar-refractivity contribution in [1.82, 2.24) is 0 Å². The Balaban J connectivity index is 2.30. The molecule has 19 heavy (non-hydrogen) atoms. The van der Waals surface area contributed by atoms with E-state index in [-0.39, 0.29) is 23.4 Å². The van der Waals surface area contributed by atoms with Gasteiger partial charge in [-0.3, -0.25) is 4.79 Å². The molecule has 1 aliphatic heterocycles. The zero-order valence-electron chi connectivity index (χ0n) is 13.4. The van der Waals surface area contributed by atoms with Crippen LogP contribution in [0.25, 0.3) is 0 Å². The molecule has 1 saturated heterocycles. The fourth-order valence-corrected chi connectivity index (χ4v) is 4.32. The van der Waals surface area contributed by atoms with Crippen LogP contribution in [-0.4, -0.2) is 12.1 Å². The van der Waals surface area contributed by atoms with Crippen molar-refractivity contribution in [2.24, 2.45) is 35.0 Å². The maximum absolute atomic E-state index is 11.9. The highest BCUT2D eigenvalue weighted by molar-refractivity contribution is 5.75. The highest BCUT2D eigenvalue weighted by Crippen LogP contribution is 2.56. The first-order chi connectivity index (χ1) is 8.83. The monoisotopic (exact) mass is 266 g/mol. The molecule has 6 atom stereocenters. The average Bonchev–Trinajstić information content (AvgIpc) is 2.87. The molecule has 2 fully saturated rings. The number of ether oxygens (including phenoxy) is 1. The summed E-state index contributed by atoms with van der Waals surface area (Å²) in [6.07, 6.45) is 3.74. The van der Waals surface area contributed by atoms with Gasteiger partial charge >= 0.3 is 5.97 Å². The third-order valence-electron chi connectivity index (χ3n) is 6.24. The number of rotatable bonds is 4. The van der Waals surface area contributed by atoms with Crippen molar-refractivity contribution in [1.29, 1.82) is 0 Å². The van der Waals surface area contributed by atoms with E-state index in [0.717, 1.165) is 12.3 Å². The Morgan fingerprint density at radius 1 is 1.37 bits per heavy atom. The predicted molar refractivity (Wildman–Crippen MR) is 77.7 cm³/mol. The average molecular weight is 266 g/mol. The van der Waals surface area contributed by atoms with E-state index < -0.39 is 0 Å². The molecule has 2 heteroatoms. The molecular formula is C17H30O2. The van der Waals surface area contributed by atoms with E-state index in [1.54, 1.807) is 0 Å². The Bertz CT molecular complexity index is 347. The van der Waals surface area contributed by atoms with Crippen molar-refractivity contribution in [2.75, 3.05) is 0 Å². The lowest BCUT2D eigenvalue weighted by molar-refractivity contribution is -0.148. The van der Waals surface area contributed by atoms with Crippen LogP contribution in [0.4, 0.5) is 0 Å². The summed E-state index contributed by atoms with van der Waals surface area (Å²) < 4.78 is 5.78. The van der Waals surface area contributed by atoms with Crippen LogP contribution in [0.15, 0.2) is 0 Å². The lowest BCUT2D eigenvalue weighted by atomic mass is 9.67. The number of hydrogen-bond acceptors (Lipinski definition) is 2. The Morgan fingerprint density at radius 2 is 2.00 bits per heavy atom. The number of fused-ring (bicyclic) bond motifs is 1. The second kappa shape index (κ2) is 5.10. The Kier molecular flexibility index (Phi) is 3.99. The van der Waals surface area contributed by atoms with Gasteiger partial charge in [0.05, 0.1) is 5.92 Å². The fourth-order valence-electron chi connectivity index (χ4n) is 4.32. The Morgan fingerprint density at radius 3 is 2.53 bits per heavy atom. The molecule has 2 rings (SSSR count). The lowest BCUT2D eigenvalue weighted by Crippen LogP contribution is -2.37. The standard InChI is InChI=1S/C17H30O2/c1-7-10(3)12-9-13-11(4)16(18)19-15(13)14(12)17(5,6)8-2/h10-15H,7-9H2,1-6H3. The van der Waals surface area contributed by atoms with Crippen LogP contribution >= 0.6 is 0 Å². The molecule has 0 spiro atoms. The zero-order valence-corrected chi connectivity index (χ0v) is 13.4. The van der Waals surface area contributed by atoms with Gasteiger partial charge in [0.15, 0.2) is 0 Å². The molecule has 0 bridgehead atoms. The van der Waals surface area contributed by atoms with Gasteiger partial charge < -0.3 is 4.74 Å². The third kappa shape index (κ3) is 2.32. The van der Waals surface area contributed by atoms with E-state index in [0.29, 0.717) is 17.8 Å². The third-order valence-corrected chi connectivity index (χ3v) is 6.24. The topological polar surface area (TPSA) is 26.3 Å². The molecule has 2 nitrogen and oxygen atoms in total. The maximum Gasteiger partial charge on any atom is 0.309 e. The number of hydrogen-bond donors (Lipinski definition) is 0. The van der Waals surface area contributed by atoms with Crippen LogP contribution in [-0.2, 0) is 9.53 Å². The number of esters is 1.